The van der Waals surface area contributed by atoms with Crippen molar-refractivity contribution in [2.75, 3.05) is 0 Å². The van der Waals surface area contributed by atoms with Crippen LogP contribution in [0.1, 0.15) is 27.7 Å². The van der Waals surface area contributed by atoms with Gasteiger partial charge in [-0.2, -0.15) is 0 Å². The van der Waals surface area contributed by atoms with Gasteiger partial charge in [0.15, 0.2) is 0 Å². The molecule has 10 heavy (non-hydrogen) atoms. The average molecular weight is 185 g/mol. The summed E-state index contributed by atoms with van der Waals surface area (Å²) in [6.45, 7) is 7.52. The third kappa shape index (κ3) is 1.99. The summed E-state index contributed by atoms with van der Waals surface area (Å²) in [7, 11) is 0. The van der Waals surface area contributed by atoms with Crippen LogP contribution in [-0.2, 0) is 0 Å². The highest BCUT2D eigenvalue weighted by molar-refractivity contribution is 6.34. The van der Waals surface area contributed by atoms with Crippen molar-refractivity contribution in [1.82, 2.24) is 3.94 Å². The first-order chi connectivity index (χ1) is 4.19. The van der Waals surface area contributed by atoms with Crippen molar-refractivity contribution < 1.29 is 0 Å². The highest BCUT2D eigenvalue weighted by Crippen LogP contribution is 2.29. The number of hydrogen-bond donors (Lipinski definition) is 1. The van der Waals surface area contributed by atoms with E-state index in [1.807, 2.05) is 27.7 Å². The van der Waals surface area contributed by atoms with E-state index in [9.17, 15) is 0 Å². The maximum Gasteiger partial charge on any atom is 0.0643 e. The zero-order valence-corrected chi connectivity index (χ0v) is 8.29. The smallest absolute Gasteiger partial charge is 0.0643 e. The van der Waals surface area contributed by atoms with E-state index in [0.717, 1.165) is 3.94 Å². The molecule has 0 unspecified atom stereocenters. The second-order valence-electron chi connectivity index (χ2n) is 3.51. The standard InChI is InChI=1S/C6H14Cl2N2/c1-5(2,9)6(3,4)10(7)8/h9H2,1-4H3. The fourth-order valence-electron chi connectivity index (χ4n) is 0.218. The summed E-state index contributed by atoms with van der Waals surface area (Å²) in [6.07, 6.45) is 0. The Kier molecular flexibility index (Phi) is 3.00. The van der Waals surface area contributed by atoms with Crippen LogP contribution in [0, 0.1) is 0 Å². The van der Waals surface area contributed by atoms with Crippen LogP contribution in [0.2, 0.25) is 0 Å². The minimum Gasteiger partial charge on any atom is -0.324 e. The number of rotatable bonds is 2. The molecule has 0 fully saturated rings. The SMILES string of the molecule is CC(C)(N)C(C)(C)N(Cl)Cl. The molecule has 2 nitrogen and oxygen atoms in total. The molecule has 0 amide bonds. The van der Waals surface area contributed by atoms with Gasteiger partial charge in [-0.1, -0.05) is 0 Å². The average Bonchev–Trinajstić information content (AvgIpc) is 1.62. The molecule has 0 aliphatic heterocycles. The van der Waals surface area contributed by atoms with Gasteiger partial charge >= 0.3 is 0 Å². The Morgan fingerprint density at radius 2 is 1.40 bits per heavy atom. The summed E-state index contributed by atoms with van der Waals surface area (Å²) < 4.78 is 1.09. The lowest BCUT2D eigenvalue weighted by atomic mass is 9.85. The summed E-state index contributed by atoms with van der Waals surface area (Å²) in [5, 5.41) is 0. The highest BCUT2D eigenvalue weighted by Gasteiger charge is 2.38. The van der Waals surface area contributed by atoms with E-state index < -0.39 is 11.1 Å². The zero-order valence-electron chi connectivity index (χ0n) is 6.78. The van der Waals surface area contributed by atoms with Crippen LogP contribution in [0.3, 0.4) is 0 Å². The summed E-state index contributed by atoms with van der Waals surface area (Å²) in [4.78, 5) is 0. The lowest BCUT2D eigenvalue weighted by Gasteiger charge is -2.39. The van der Waals surface area contributed by atoms with Crippen molar-refractivity contribution in [1.29, 1.82) is 0 Å². The van der Waals surface area contributed by atoms with Gasteiger partial charge in [0.05, 0.1) is 5.54 Å². The first-order valence-electron chi connectivity index (χ1n) is 3.10. The fraction of sp³-hybridized carbons (Fsp3) is 1.00. The molecule has 0 heterocycles. The largest absolute Gasteiger partial charge is 0.324 e. The molecule has 0 rings (SSSR count). The summed E-state index contributed by atoms with van der Waals surface area (Å²) in [5.74, 6) is 0. The second-order valence-corrected chi connectivity index (χ2v) is 4.36. The zero-order chi connectivity index (χ0) is 8.58. The topological polar surface area (TPSA) is 29.3 Å². The van der Waals surface area contributed by atoms with E-state index in [1.165, 1.54) is 0 Å². The van der Waals surface area contributed by atoms with Gasteiger partial charge < -0.3 is 5.73 Å². The molecule has 0 saturated carbocycles. The van der Waals surface area contributed by atoms with Crippen LogP contribution in [0.4, 0.5) is 0 Å². The number of hydrogen-bond acceptors (Lipinski definition) is 2. The van der Waals surface area contributed by atoms with E-state index in [4.69, 9.17) is 29.3 Å². The third-order valence-electron chi connectivity index (χ3n) is 2.00. The van der Waals surface area contributed by atoms with E-state index in [2.05, 4.69) is 0 Å². The van der Waals surface area contributed by atoms with Gasteiger partial charge in [0, 0.05) is 5.54 Å². The maximum atomic E-state index is 5.80. The van der Waals surface area contributed by atoms with Crippen molar-refractivity contribution in [2.24, 2.45) is 5.73 Å². The number of nitrogens with two attached hydrogens (primary N) is 1. The number of halogens is 2. The summed E-state index contributed by atoms with van der Waals surface area (Å²) in [5.41, 5.74) is 4.96. The summed E-state index contributed by atoms with van der Waals surface area (Å²) >= 11 is 11.1. The molecular formula is C6H14Cl2N2. The van der Waals surface area contributed by atoms with E-state index >= 15 is 0 Å². The third-order valence-corrected chi connectivity index (χ3v) is 2.84. The van der Waals surface area contributed by atoms with Crippen LogP contribution in [-0.4, -0.2) is 15.0 Å². The van der Waals surface area contributed by atoms with Crippen LogP contribution >= 0.6 is 23.6 Å². The van der Waals surface area contributed by atoms with Gasteiger partial charge in [-0.25, -0.2) is 0 Å². The number of nitrogens with zero attached hydrogens (tertiary/aromatic N) is 1. The van der Waals surface area contributed by atoms with E-state index in [-0.39, 0.29) is 0 Å². The molecule has 0 aromatic carbocycles. The second kappa shape index (κ2) is 2.86. The molecule has 0 aromatic heterocycles. The van der Waals surface area contributed by atoms with E-state index in [1.54, 1.807) is 0 Å². The lowest BCUT2D eigenvalue weighted by molar-refractivity contribution is 0.212. The molecular weight excluding hydrogens is 171 g/mol. The Bertz CT molecular complexity index is 115. The fourth-order valence-corrected chi connectivity index (χ4v) is 0.653. The molecule has 0 aliphatic carbocycles. The quantitative estimate of drug-likeness (QED) is 0.667. The van der Waals surface area contributed by atoms with Crippen molar-refractivity contribution >= 4 is 23.6 Å². The Morgan fingerprint density at radius 1 is 1.10 bits per heavy atom. The lowest BCUT2D eigenvalue weighted by Crippen LogP contribution is -2.57. The van der Waals surface area contributed by atoms with Gasteiger partial charge in [-0.15, -0.1) is 3.94 Å². The minimum atomic E-state index is -0.421. The minimum absolute atomic E-state index is 0.420. The van der Waals surface area contributed by atoms with Crippen molar-refractivity contribution in [3.8, 4) is 0 Å². The maximum absolute atomic E-state index is 5.80. The molecule has 0 saturated heterocycles. The van der Waals surface area contributed by atoms with E-state index in [0.29, 0.717) is 0 Å². The Hall–Kier alpha value is 0.500. The van der Waals surface area contributed by atoms with Gasteiger partial charge in [0.2, 0.25) is 0 Å². The predicted molar refractivity (Wildman–Crippen MR) is 45.9 cm³/mol. The van der Waals surface area contributed by atoms with Crippen molar-refractivity contribution in [3.63, 3.8) is 0 Å². The molecule has 2 N–H and O–H groups in total. The van der Waals surface area contributed by atoms with Crippen LogP contribution in [0.25, 0.3) is 0 Å². The molecule has 0 spiro atoms. The van der Waals surface area contributed by atoms with Crippen LogP contribution in [0.5, 0.6) is 0 Å². The first kappa shape index (κ1) is 10.5. The van der Waals surface area contributed by atoms with Crippen LogP contribution in [0.15, 0.2) is 0 Å². The summed E-state index contributed by atoms with van der Waals surface area (Å²) in [6, 6.07) is 0. The van der Waals surface area contributed by atoms with Gasteiger partial charge in [0.25, 0.3) is 0 Å². The first-order valence-corrected chi connectivity index (χ1v) is 3.78. The van der Waals surface area contributed by atoms with Gasteiger partial charge in [-0.3, -0.25) is 0 Å². The Morgan fingerprint density at radius 3 is 1.40 bits per heavy atom. The van der Waals surface area contributed by atoms with Gasteiger partial charge in [0.1, 0.15) is 0 Å². The monoisotopic (exact) mass is 184 g/mol. The highest BCUT2D eigenvalue weighted by atomic mass is 35.5. The molecule has 0 aromatic rings. The Labute approximate surface area is 72.5 Å². The van der Waals surface area contributed by atoms with Gasteiger partial charge in [-0.05, 0) is 51.2 Å². The molecule has 0 atom stereocenters. The molecule has 62 valence electrons. The molecule has 0 radical (unpaired) electrons. The molecule has 0 aliphatic rings. The van der Waals surface area contributed by atoms with Crippen molar-refractivity contribution in [2.45, 2.75) is 38.8 Å². The Balaban J connectivity index is 4.40. The molecule has 0 bridgehead atoms. The predicted octanol–water partition coefficient (Wildman–Crippen LogP) is 2.11. The molecule has 4 heteroatoms. The normalized spacial score (nSPS) is 14.4. The van der Waals surface area contributed by atoms with Crippen LogP contribution < -0.4 is 5.73 Å². The van der Waals surface area contributed by atoms with Crippen molar-refractivity contribution in [3.05, 3.63) is 0 Å².